The molecule has 0 aliphatic carbocycles. The van der Waals surface area contributed by atoms with E-state index in [-0.39, 0.29) is 10.7 Å². The SMILES string of the molecule is Cc1ccncc1NS(=O)(=O)c1cc(C(=O)O)oc1C. The number of carboxylic acid groups (broad SMARTS) is 1. The second-order valence-corrected chi connectivity index (χ2v) is 5.78. The van der Waals surface area contributed by atoms with Crippen LogP contribution >= 0.6 is 0 Å². The number of nitrogens with one attached hydrogen (secondary N) is 1. The number of anilines is 1. The molecule has 0 atom stereocenters. The van der Waals surface area contributed by atoms with Gasteiger partial charge in [-0.1, -0.05) is 0 Å². The Morgan fingerprint density at radius 1 is 1.40 bits per heavy atom. The van der Waals surface area contributed by atoms with Crippen LogP contribution in [0.3, 0.4) is 0 Å². The van der Waals surface area contributed by atoms with Gasteiger partial charge in [-0.2, -0.15) is 0 Å². The molecule has 20 heavy (non-hydrogen) atoms. The Balaban J connectivity index is 2.41. The first-order chi connectivity index (χ1) is 9.31. The zero-order chi connectivity index (χ0) is 14.9. The van der Waals surface area contributed by atoms with Crippen molar-refractivity contribution in [1.29, 1.82) is 0 Å². The molecule has 2 heterocycles. The number of nitrogens with zero attached hydrogens (tertiary/aromatic N) is 1. The molecule has 2 aromatic rings. The first-order valence-electron chi connectivity index (χ1n) is 5.58. The van der Waals surface area contributed by atoms with Crippen molar-refractivity contribution >= 4 is 21.7 Å². The molecule has 0 fully saturated rings. The number of aromatic nitrogens is 1. The van der Waals surface area contributed by atoms with Crippen LogP contribution in [0.1, 0.15) is 21.9 Å². The van der Waals surface area contributed by atoms with Crippen LogP contribution in [0, 0.1) is 13.8 Å². The number of hydrogen-bond acceptors (Lipinski definition) is 5. The molecule has 0 bridgehead atoms. The van der Waals surface area contributed by atoms with Gasteiger partial charge in [0.25, 0.3) is 10.0 Å². The van der Waals surface area contributed by atoms with Crippen LogP contribution in [-0.2, 0) is 10.0 Å². The highest BCUT2D eigenvalue weighted by Gasteiger charge is 2.24. The normalized spacial score (nSPS) is 11.3. The molecular formula is C12H12N2O5S. The van der Waals surface area contributed by atoms with Crippen LogP contribution in [0.5, 0.6) is 0 Å². The molecule has 2 aromatic heterocycles. The largest absolute Gasteiger partial charge is 0.475 e. The minimum absolute atomic E-state index is 0.0106. The summed E-state index contributed by atoms with van der Waals surface area (Å²) in [6.07, 6.45) is 2.92. The van der Waals surface area contributed by atoms with Gasteiger partial charge in [0.15, 0.2) is 0 Å². The van der Waals surface area contributed by atoms with Crippen molar-refractivity contribution in [3.05, 3.63) is 41.6 Å². The van der Waals surface area contributed by atoms with E-state index in [1.54, 1.807) is 19.2 Å². The van der Waals surface area contributed by atoms with Crippen molar-refractivity contribution < 1.29 is 22.7 Å². The summed E-state index contributed by atoms with van der Waals surface area (Å²) in [7, 11) is -3.93. The van der Waals surface area contributed by atoms with Crippen molar-refractivity contribution in [3.8, 4) is 0 Å². The van der Waals surface area contributed by atoms with E-state index in [2.05, 4.69) is 9.71 Å². The third-order valence-corrected chi connectivity index (χ3v) is 4.13. The van der Waals surface area contributed by atoms with E-state index in [0.717, 1.165) is 6.07 Å². The molecule has 0 saturated heterocycles. The van der Waals surface area contributed by atoms with E-state index in [0.29, 0.717) is 11.3 Å². The molecule has 8 heteroatoms. The van der Waals surface area contributed by atoms with Crippen LogP contribution in [-0.4, -0.2) is 24.5 Å². The van der Waals surface area contributed by atoms with Gasteiger partial charge < -0.3 is 9.52 Å². The number of hydrogen-bond donors (Lipinski definition) is 2. The monoisotopic (exact) mass is 296 g/mol. The number of sulfonamides is 1. The smallest absolute Gasteiger partial charge is 0.371 e. The number of carboxylic acids is 1. The number of furan rings is 1. The predicted octanol–water partition coefficient (Wildman–Crippen LogP) is 1.79. The molecule has 0 radical (unpaired) electrons. The van der Waals surface area contributed by atoms with Gasteiger partial charge in [0.1, 0.15) is 10.7 Å². The summed E-state index contributed by atoms with van der Waals surface area (Å²) in [4.78, 5) is 14.4. The minimum atomic E-state index is -3.93. The summed E-state index contributed by atoms with van der Waals surface area (Å²) in [6.45, 7) is 3.11. The number of pyridine rings is 1. The van der Waals surface area contributed by atoms with Gasteiger partial charge in [0.05, 0.1) is 11.9 Å². The third-order valence-electron chi connectivity index (χ3n) is 2.66. The fourth-order valence-electron chi connectivity index (χ4n) is 1.61. The molecule has 2 rings (SSSR count). The summed E-state index contributed by atoms with van der Waals surface area (Å²) in [6, 6.07) is 2.63. The number of rotatable bonds is 4. The van der Waals surface area contributed by atoms with Crippen LogP contribution in [0.4, 0.5) is 5.69 Å². The molecule has 0 saturated carbocycles. The highest BCUT2D eigenvalue weighted by Crippen LogP contribution is 2.23. The van der Waals surface area contributed by atoms with Crippen molar-refractivity contribution in [2.45, 2.75) is 18.7 Å². The lowest BCUT2D eigenvalue weighted by atomic mass is 10.3. The Kier molecular flexibility index (Phi) is 3.49. The van der Waals surface area contributed by atoms with Crippen LogP contribution in [0.25, 0.3) is 0 Å². The van der Waals surface area contributed by atoms with E-state index >= 15 is 0 Å². The van der Waals surface area contributed by atoms with E-state index in [1.165, 1.54) is 13.1 Å². The molecule has 7 nitrogen and oxygen atoms in total. The van der Waals surface area contributed by atoms with Crippen LogP contribution in [0.15, 0.2) is 33.8 Å². The summed E-state index contributed by atoms with van der Waals surface area (Å²) in [5.74, 6) is -1.74. The molecule has 0 unspecified atom stereocenters. The first kappa shape index (κ1) is 14.1. The average molecular weight is 296 g/mol. The van der Waals surface area contributed by atoms with E-state index < -0.39 is 21.8 Å². The maximum Gasteiger partial charge on any atom is 0.371 e. The van der Waals surface area contributed by atoms with Gasteiger partial charge in [-0.05, 0) is 25.5 Å². The third kappa shape index (κ3) is 2.64. The van der Waals surface area contributed by atoms with Gasteiger partial charge in [0.2, 0.25) is 5.76 Å². The van der Waals surface area contributed by atoms with Crippen LogP contribution < -0.4 is 4.72 Å². The lowest BCUT2D eigenvalue weighted by Gasteiger charge is -2.08. The first-order valence-corrected chi connectivity index (χ1v) is 7.07. The van der Waals surface area contributed by atoms with Gasteiger partial charge in [-0.3, -0.25) is 9.71 Å². The predicted molar refractivity (Wildman–Crippen MR) is 70.2 cm³/mol. The van der Waals surface area contributed by atoms with Gasteiger partial charge >= 0.3 is 5.97 Å². The summed E-state index contributed by atoms with van der Waals surface area (Å²) in [5, 5.41) is 8.80. The Hall–Kier alpha value is -2.35. The average Bonchev–Trinajstić information content (AvgIpc) is 2.75. The molecule has 0 spiro atoms. The Bertz CT molecular complexity index is 764. The van der Waals surface area contributed by atoms with Crippen molar-refractivity contribution in [1.82, 2.24) is 4.98 Å². The highest BCUT2D eigenvalue weighted by atomic mass is 32.2. The van der Waals surface area contributed by atoms with Gasteiger partial charge in [-0.15, -0.1) is 0 Å². The molecule has 0 aromatic carbocycles. The molecule has 0 aliphatic rings. The molecule has 2 N–H and O–H groups in total. The molecular weight excluding hydrogens is 284 g/mol. The Labute approximate surface area is 115 Å². The second-order valence-electron chi connectivity index (χ2n) is 4.13. The molecule has 0 aliphatic heterocycles. The maximum absolute atomic E-state index is 12.2. The number of aryl methyl sites for hydroxylation is 2. The lowest BCUT2D eigenvalue weighted by Crippen LogP contribution is -2.14. The van der Waals surface area contributed by atoms with Gasteiger partial charge in [0, 0.05) is 12.3 Å². The molecule has 0 amide bonds. The van der Waals surface area contributed by atoms with Crippen molar-refractivity contribution in [3.63, 3.8) is 0 Å². The van der Waals surface area contributed by atoms with Crippen molar-refractivity contribution in [2.75, 3.05) is 4.72 Å². The van der Waals surface area contributed by atoms with E-state index in [9.17, 15) is 13.2 Å². The summed E-state index contributed by atoms with van der Waals surface area (Å²) >= 11 is 0. The zero-order valence-electron chi connectivity index (χ0n) is 10.7. The second kappa shape index (κ2) is 4.97. The summed E-state index contributed by atoms with van der Waals surface area (Å²) in [5.41, 5.74) is 1.02. The van der Waals surface area contributed by atoms with E-state index in [1.807, 2.05) is 0 Å². The van der Waals surface area contributed by atoms with E-state index in [4.69, 9.17) is 9.52 Å². The lowest BCUT2D eigenvalue weighted by molar-refractivity contribution is 0.0661. The Morgan fingerprint density at radius 3 is 2.65 bits per heavy atom. The van der Waals surface area contributed by atoms with Crippen LogP contribution in [0.2, 0.25) is 0 Å². The topological polar surface area (TPSA) is 110 Å². The maximum atomic E-state index is 12.2. The highest BCUT2D eigenvalue weighted by molar-refractivity contribution is 7.92. The number of aromatic carboxylic acids is 1. The summed E-state index contributed by atoms with van der Waals surface area (Å²) < 4.78 is 31.7. The quantitative estimate of drug-likeness (QED) is 0.890. The molecule has 106 valence electrons. The minimum Gasteiger partial charge on any atom is -0.475 e. The fraction of sp³-hybridized carbons (Fsp3) is 0.167. The standard InChI is InChI=1S/C12H12N2O5S/c1-7-3-4-13-6-9(7)14-20(17,18)11-5-10(12(15)16)19-8(11)2/h3-6,14H,1-2H3,(H,15,16). The Morgan fingerprint density at radius 2 is 2.10 bits per heavy atom. The zero-order valence-corrected chi connectivity index (χ0v) is 11.6. The van der Waals surface area contributed by atoms with Gasteiger partial charge in [-0.25, -0.2) is 13.2 Å². The fourth-order valence-corrected chi connectivity index (χ4v) is 2.90. The number of carbonyl (C=O) groups is 1. The van der Waals surface area contributed by atoms with Crippen molar-refractivity contribution in [2.24, 2.45) is 0 Å².